The molecule has 1 aromatic heterocycles. The zero-order valence-electron chi connectivity index (χ0n) is 14.8. The maximum absolute atomic E-state index is 14.8. The summed E-state index contributed by atoms with van der Waals surface area (Å²) in [6.45, 7) is 6.20. The van der Waals surface area contributed by atoms with Crippen LogP contribution in [0.2, 0.25) is 0 Å². The summed E-state index contributed by atoms with van der Waals surface area (Å²) in [6.07, 6.45) is 9.63. The van der Waals surface area contributed by atoms with Crippen LogP contribution in [-0.2, 0) is 0 Å². The van der Waals surface area contributed by atoms with Gasteiger partial charge in [0.2, 0.25) is 0 Å². The van der Waals surface area contributed by atoms with Crippen LogP contribution in [0.15, 0.2) is 48.0 Å². The Labute approximate surface area is 139 Å². The molecule has 0 fully saturated rings. The molecule has 1 aliphatic rings. The van der Waals surface area contributed by atoms with Gasteiger partial charge in [0.15, 0.2) is 0 Å². The summed E-state index contributed by atoms with van der Waals surface area (Å²) < 4.78 is 14.8. The topological polar surface area (TPSA) is 16.1 Å². The van der Waals surface area contributed by atoms with E-state index in [9.17, 15) is 4.39 Å². The molecule has 2 rings (SSSR count). The molecule has 0 spiro atoms. The fraction of sp³-hybridized carbons (Fsp3) is 0.450. The van der Waals surface area contributed by atoms with Gasteiger partial charge in [-0.15, -0.1) is 0 Å². The molecule has 0 aliphatic heterocycles. The van der Waals surface area contributed by atoms with Gasteiger partial charge in [0, 0.05) is 19.7 Å². The highest BCUT2D eigenvalue weighted by atomic mass is 19.1. The van der Waals surface area contributed by atoms with Crippen LogP contribution in [0.3, 0.4) is 0 Å². The Hall–Kier alpha value is -1.90. The van der Waals surface area contributed by atoms with Gasteiger partial charge in [0.25, 0.3) is 0 Å². The number of allylic oxidation sites excluding steroid dienone is 6. The summed E-state index contributed by atoms with van der Waals surface area (Å²) in [4.78, 5) is 6.53. The lowest BCUT2D eigenvalue weighted by Crippen LogP contribution is -2.19. The van der Waals surface area contributed by atoms with Crippen molar-refractivity contribution in [3.8, 4) is 0 Å². The third kappa shape index (κ3) is 3.90. The van der Waals surface area contributed by atoms with E-state index in [1.165, 1.54) is 0 Å². The fourth-order valence-electron chi connectivity index (χ4n) is 3.27. The Morgan fingerprint density at radius 2 is 2.13 bits per heavy atom. The summed E-state index contributed by atoms with van der Waals surface area (Å²) in [5.74, 6) is 0.352. The van der Waals surface area contributed by atoms with Gasteiger partial charge in [-0.05, 0) is 56.7 Å². The van der Waals surface area contributed by atoms with Crippen molar-refractivity contribution in [1.29, 1.82) is 0 Å². The van der Waals surface area contributed by atoms with Crippen molar-refractivity contribution in [2.45, 2.75) is 33.6 Å². The Balaban J connectivity index is 2.46. The number of aromatic nitrogens is 1. The third-order valence-corrected chi connectivity index (χ3v) is 4.51. The van der Waals surface area contributed by atoms with Crippen LogP contribution in [-0.4, -0.2) is 19.1 Å². The van der Waals surface area contributed by atoms with E-state index in [0.717, 1.165) is 35.4 Å². The van der Waals surface area contributed by atoms with Crippen LogP contribution in [0.4, 0.5) is 10.1 Å². The van der Waals surface area contributed by atoms with Gasteiger partial charge < -0.3 is 4.90 Å². The Bertz CT molecular complexity index is 624. The maximum atomic E-state index is 14.8. The van der Waals surface area contributed by atoms with Crippen LogP contribution in [0.1, 0.15) is 39.3 Å². The van der Waals surface area contributed by atoms with Gasteiger partial charge in [-0.2, -0.15) is 0 Å². The molecule has 1 heterocycles. The molecular formula is C20H27FN2. The molecule has 0 bridgehead atoms. The largest absolute Gasteiger partial charge is 0.376 e. The SMILES string of the molecule is CC=CC(CC)C1CC(C)=CC(F)=C1c1ccc(N(C)C)cn1. The van der Waals surface area contributed by atoms with Gasteiger partial charge in [0.1, 0.15) is 5.83 Å². The summed E-state index contributed by atoms with van der Waals surface area (Å²) in [5.41, 5.74) is 3.63. The summed E-state index contributed by atoms with van der Waals surface area (Å²) >= 11 is 0. The van der Waals surface area contributed by atoms with Crippen molar-refractivity contribution < 1.29 is 4.39 Å². The van der Waals surface area contributed by atoms with E-state index in [1.807, 2.05) is 51.2 Å². The predicted molar refractivity (Wildman–Crippen MR) is 97.1 cm³/mol. The Morgan fingerprint density at radius 1 is 1.39 bits per heavy atom. The third-order valence-electron chi connectivity index (χ3n) is 4.51. The molecule has 0 saturated heterocycles. The maximum Gasteiger partial charge on any atom is 0.128 e. The van der Waals surface area contributed by atoms with Gasteiger partial charge in [0.05, 0.1) is 17.6 Å². The molecule has 0 N–H and O–H groups in total. The van der Waals surface area contributed by atoms with Gasteiger partial charge >= 0.3 is 0 Å². The molecule has 3 heteroatoms. The molecule has 1 aromatic rings. The molecule has 2 unspecified atom stereocenters. The van der Waals surface area contributed by atoms with E-state index in [-0.39, 0.29) is 11.7 Å². The second kappa shape index (κ2) is 7.58. The molecular weight excluding hydrogens is 287 g/mol. The van der Waals surface area contributed by atoms with Gasteiger partial charge in [-0.25, -0.2) is 4.39 Å². The number of hydrogen-bond acceptors (Lipinski definition) is 2. The van der Waals surface area contributed by atoms with Crippen LogP contribution < -0.4 is 4.90 Å². The highest BCUT2D eigenvalue weighted by Gasteiger charge is 2.29. The minimum Gasteiger partial charge on any atom is -0.376 e. The van der Waals surface area contributed by atoms with Crippen LogP contribution in [0.5, 0.6) is 0 Å². The summed E-state index contributed by atoms with van der Waals surface area (Å²) in [5, 5.41) is 0. The molecule has 0 radical (unpaired) electrons. The zero-order valence-corrected chi connectivity index (χ0v) is 14.8. The predicted octanol–water partition coefficient (Wildman–Crippen LogP) is 5.40. The Kier molecular flexibility index (Phi) is 5.75. The number of anilines is 1. The van der Waals surface area contributed by atoms with Crippen molar-refractivity contribution in [2.75, 3.05) is 19.0 Å². The standard InChI is InChI=1S/C20H27FN2/c1-6-8-15(7-2)17-11-14(3)12-18(21)20(17)19-10-9-16(13-22-19)23(4)5/h6,8-10,12-13,15,17H,7,11H2,1-5H3. The zero-order chi connectivity index (χ0) is 17.0. The van der Waals surface area contributed by atoms with E-state index in [0.29, 0.717) is 5.92 Å². The second-order valence-corrected chi connectivity index (χ2v) is 6.46. The molecule has 2 nitrogen and oxygen atoms in total. The number of nitrogens with zero attached hydrogens (tertiary/aromatic N) is 2. The summed E-state index contributed by atoms with van der Waals surface area (Å²) in [6, 6.07) is 3.94. The lowest BCUT2D eigenvalue weighted by atomic mass is 9.75. The normalized spacial score (nSPS) is 19.9. The average Bonchev–Trinajstić information content (AvgIpc) is 2.52. The van der Waals surface area contributed by atoms with E-state index in [1.54, 1.807) is 6.08 Å². The van der Waals surface area contributed by atoms with E-state index in [4.69, 9.17) is 0 Å². The first-order valence-electron chi connectivity index (χ1n) is 8.31. The smallest absolute Gasteiger partial charge is 0.128 e. The van der Waals surface area contributed by atoms with Gasteiger partial charge in [-0.3, -0.25) is 4.98 Å². The number of halogens is 1. The highest BCUT2D eigenvalue weighted by molar-refractivity contribution is 5.72. The van der Waals surface area contributed by atoms with E-state index >= 15 is 0 Å². The van der Waals surface area contributed by atoms with Crippen molar-refractivity contribution in [1.82, 2.24) is 4.98 Å². The van der Waals surface area contributed by atoms with Crippen LogP contribution in [0.25, 0.3) is 5.57 Å². The second-order valence-electron chi connectivity index (χ2n) is 6.46. The first kappa shape index (κ1) is 17.5. The van der Waals surface area contributed by atoms with Crippen molar-refractivity contribution in [3.63, 3.8) is 0 Å². The molecule has 1 aliphatic carbocycles. The quantitative estimate of drug-likeness (QED) is 0.677. The molecule has 0 saturated carbocycles. The molecule has 0 amide bonds. The first-order valence-corrected chi connectivity index (χ1v) is 8.31. The van der Waals surface area contributed by atoms with Crippen LogP contribution in [0, 0.1) is 11.8 Å². The van der Waals surface area contributed by atoms with Gasteiger partial charge in [-0.1, -0.05) is 24.6 Å². The number of rotatable bonds is 5. The lowest BCUT2D eigenvalue weighted by Gasteiger charge is -2.30. The molecule has 0 aromatic carbocycles. The highest BCUT2D eigenvalue weighted by Crippen LogP contribution is 2.42. The number of hydrogen-bond donors (Lipinski definition) is 0. The molecule has 124 valence electrons. The molecule has 23 heavy (non-hydrogen) atoms. The minimum absolute atomic E-state index is 0.133. The van der Waals surface area contributed by atoms with Crippen LogP contribution >= 0.6 is 0 Å². The number of pyridine rings is 1. The Morgan fingerprint density at radius 3 is 2.65 bits per heavy atom. The van der Waals surface area contributed by atoms with E-state index < -0.39 is 0 Å². The molecule has 2 atom stereocenters. The monoisotopic (exact) mass is 314 g/mol. The van der Waals surface area contributed by atoms with Crippen molar-refractivity contribution in [3.05, 3.63) is 53.7 Å². The minimum atomic E-state index is -0.133. The fourth-order valence-corrected chi connectivity index (χ4v) is 3.27. The van der Waals surface area contributed by atoms with Crippen molar-refractivity contribution >= 4 is 11.3 Å². The lowest BCUT2D eigenvalue weighted by molar-refractivity contribution is 0.454. The average molecular weight is 314 g/mol. The van der Waals surface area contributed by atoms with E-state index in [2.05, 4.69) is 24.1 Å². The first-order chi connectivity index (χ1) is 11.0. The summed E-state index contributed by atoms with van der Waals surface area (Å²) in [7, 11) is 3.95. The van der Waals surface area contributed by atoms with Crippen molar-refractivity contribution in [2.24, 2.45) is 11.8 Å².